The van der Waals surface area contributed by atoms with Gasteiger partial charge >= 0.3 is 0 Å². The van der Waals surface area contributed by atoms with Crippen molar-refractivity contribution in [3.8, 4) is 0 Å². The summed E-state index contributed by atoms with van der Waals surface area (Å²) in [6.07, 6.45) is 0. The summed E-state index contributed by atoms with van der Waals surface area (Å²) in [4.78, 5) is 4.51. The van der Waals surface area contributed by atoms with E-state index in [4.69, 9.17) is 5.14 Å². The second-order valence-electron chi connectivity index (χ2n) is 3.09. The zero-order valence-corrected chi connectivity index (χ0v) is 11.0. The van der Waals surface area contributed by atoms with Crippen molar-refractivity contribution < 1.29 is 8.42 Å². The summed E-state index contributed by atoms with van der Waals surface area (Å²) >= 11 is 3.13. The molecule has 1 aromatic heterocycles. The number of thioether (sulfide) groups is 1. The van der Waals surface area contributed by atoms with Crippen molar-refractivity contribution in [1.82, 2.24) is 4.98 Å². The Morgan fingerprint density at radius 2 is 2.25 bits per heavy atom. The third-order valence-corrected chi connectivity index (χ3v) is 4.89. The molecule has 1 aromatic carbocycles. The Kier molecular flexibility index (Phi) is 3.20. The Labute approximate surface area is 102 Å². The number of benzene rings is 1. The number of thiazole rings is 1. The number of sulfonamides is 1. The number of nitrogens with zero attached hydrogens (tertiary/aromatic N) is 1. The summed E-state index contributed by atoms with van der Waals surface area (Å²) in [7, 11) is -3.63. The van der Waals surface area contributed by atoms with Gasteiger partial charge in [-0.25, -0.2) is 18.5 Å². The van der Waals surface area contributed by atoms with Crippen LogP contribution < -0.4 is 5.14 Å². The van der Waals surface area contributed by atoms with Gasteiger partial charge in [-0.1, -0.05) is 18.7 Å². The number of fused-ring (bicyclic) bond motifs is 1. The fourth-order valence-corrected chi connectivity index (χ4v) is 3.87. The van der Waals surface area contributed by atoms with Crippen molar-refractivity contribution in [2.75, 3.05) is 5.75 Å². The Balaban J connectivity index is 2.54. The van der Waals surface area contributed by atoms with Gasteiger partial charge in [0, 0.05) is 0 Å². The van der Waals surface area contributed by atoms with Crippen molar-refractivity contribution in [2.45, 2.75) is 16.2 Å². The molecule has 86 valence electrons. The van der Waals surface area contributed by atoms with Crippen LogP contribution in [0.3, 0.4) is 0 Å². The highest BCUT2D eigenvalue weighted by Gasteiger charge is 2.10. The molecule has 0 unspecified atom stereocenters. The smallest absolute Gasteiger partial charge is 0.230 e. The Morgan fingerprint density at radius 1 is 1.50 bits per heavy atom. The van der Waals surface area contributed by atoms with E-state index in [2.05, 4.69) is 4.98 Å². The Morgan fingerprint density at radius 3 is 2.88 bits per heavy atom. The van der Waals surface area contributed by atoms with Gasteiger partial charge in [0.2, 0.25) is 10.0 Å². The highest BCUT2D eigenvalue weighted by molar-refractivity contribution is 8.01. The summed E-state index contributed by atoms with van der Waals surface area (Å²) < 4.78 is 24.1. The fraction of sp³-hybridized carbons (Fsp3) is 0.222. The molecule has 0 spiro atoms. The van der Waals surface area contributed by atoms with Crippen LogP contribution >= 0.6 is 23.1 Å². The van der Waals surface area contributed by atoms with Crippen molar-refractivity contribution >= 4 is 43.3 Å². The van der Waals surface area contributed by atoms with Gasteiger partial charge in [0.15, 0.2) is 4.34 Å². The Hall–Kier alpha value is -0.630. The number of hydrogen-bond donors (Lipinski definition) is 1. The molecular weight excluding hydrogens is 264 g/mol. The highest BCUT2D eigenvalue weighted by Crippen LogP contribution is 2.30. The van der Waals surface area contributed by atoms with Crippen LogP contribution in [0.1, 0.15) is 6.92 Å². The van der Waals surface area contributed by atoms with E-state index in [1.54, 1.807) is 23.9 Å². The van der Waals surface area contributed by atoms with Crippen LogP contribution in [0.4, 0.5) is 0 Å². The molecule has 16 heavy (non-hydrogen) atoms. The first kappa shape index (κ1) is 11.8. The van der Waals surface area contributed by atoms with Gasteiger partial charge in [0.05, 0.1) is 15.1 Å². The molecule has 0 radical (unpaired) electrons. The molecule has 0 fully saturated rings. The molecule has 0 saturated carbocycles. The molecule has 4 nitrogen and oxygen atoms in total. The minimum Gasteiger partial charge on any atom is -0.230 e. The van der Waals surface area contributed by atoms with E-state index in [0.717, 1.165) is 20.3 Å². The average molecular weight is 274 g/mol. The first-order valence-electron chi connectivity index (χ1n) is 4.57. The molecule has 0 amide bonds. The monoisotopic (exact) mass is 274 g/mol. The molecule has 0 aliphatic heterocycles. The predicted octanol–water partition coefficient (Wildman–Crippen LogP) is 2.06. The van der Waals surface area contributed by atoms with E-state index in [0.29, 0.717) is 0 Å². The van der Waals surface area contributed by atoms with Crippen molar-refractivity contribution in [3.05, 3.63) is 18.2 Å². The topological polar surface area (TPSA) is 73.0 Å². The number of aromatic nitrogens is 1. The fourth-order valence-electron chi connectivity index (χ4n) is 1.25. The standard InChI is InChI=1S/C9H10N2O2S3/c1-2-14-9-11-7-4-3-6(16(10,12)13)5-8(7)15-9/h3-5H,2H2,1H3,(H2,10,12,13). The zero-order chi connectivity index (χ0) is 11.8. The number of rotatable bonds is 3. The molecular formula is C9H10N2O2S3. The maximum absolute atomic E-state index is 11.2. The second kappa shape index (κ2) is 4.33. The van der Waals surface area contributed by atoms with E-state index in [1.807, 2.05) is 6.92 Å². The van der Waals surface area contributed by atoms with Crippen LogP contribution in [0, 0.1) is 0 Å². The lowest BCUT2D eigenvalue weighted by molar-refractivity contribution is 0.598. The minimum absolute atomic E-state index is 0.136. The molecule has 2 aromatic rings. The lowest BCUT2D eigenvalue weighted by atomic mass is 10.3. The lowest BCUT2D eigenvalue weighted by Gasteiger charge is -1.95. The molecule has 0 bridgehead atoms. The maximum Gasteiger partial charge on any atom is 0.238 e. The quantitative estimate of drug-likeness (QED) is 0.869. The van der Waals surface area contributed by atoms with E-state index < -0.39 is 10.0 Å². The minimum atomic E-state index is -3.63. The summed E-state index contributed by atoms with van der Waals surface area (Å²) in [6.45, 7) is 2.05. The van der Waals surface area contributed by atoms with E-state index in [9.17, 15) is 8.42 Å². The molecule has 0 atom stereocenters. The van der Waals surface area contributed by atoms with Crippen LogP contribution in [0.25, 0.3) is 10.2 Å². The SMILES string of the molecule is CCSc1nc2ccc(S(N)(=O)=O)cc2s1. The van der Waals surface area contributed by atoms with Gasteiger partial charge in [-0.05, 0) is 24.0 Å². The lowest BCUT2D eigenvalue weighted by Crippen LogP contribution is -2.11. The molecule has 2 rings (SSSR count). The second-order valence-corrected chi connectivity index (χ2v) is 7.19. The normalized spacial score (nSPS) is 12.1. The highest BCUT2D eigenvalue weighted by atomic mass is 32.2. The van der Waals surface area contributed by atoms with E-state index in [-0.39, 0.29) is 4.90 Å². The summed E-state index contributed by atoms with van der Waals surface area (Å²) in [6, 6.07) is 4.74. The van der Waals surface area contributed by atoms with Gasteiger partial charge in [-0.2, -0.15) is 0 Å². The first-order chi connectivity index (χ1) is 7.50. The van der Waals surface area contributed by atoms with E-state index >= 15 is 0 Å². The summed E-state index contributed by atoms with van der Waals surface area (Å²) in [5.41, 5.74) is 0.813. The van der Waals surface area contributed by atoms with Crippen LogP contribution in [0.2, 0.25) is 0 Å². The third-order valence-electron chi connectivity index (χ3n) is 1.94. The molecule has 0 aliphatic carbocycles. The number of hydrogen-bond acceptors (Lipinski definition) is 5. The molecule has 2 N–H and O–H groups in total. The predicted molar refractivity (Wildman–Crippen MR) is 67.4 cm³/mol. The average Bonchev–Trinajstić information content (AvgIpc) is 2.57. The first-order valence-corrected chi connectivity index (χ1v) is 7.91. The molecule has 0 saturated heterocycles. The van der Waals surface area contributed by atoms with Crippen molar-refractivity contribution in [2.24, 2.45) is 5.14 Å². The van der Waals surface area contributed by atoms with Gasteiger partial charge in [0.25, 0.3) is 0 Å². The van der Waals surface area contributed by atoms with Gasteiger partial charge in [-0.15, -0.1) is 11.3 Å². The molecule has 7 heteroatoms. The maximum atomic E-state index is 11.2. The van der Waals surface area contributed by atoms with Gasteiger partial charge in [0.1, 0.15) is 0 Å². The Bertz CT molecular complexity index is 619. The van der Waals surface area contributed by atoms with Crippen molar-refractivity contribution in [1.29, 1.82) is 0 Å². The number of primary sulfonamides is 1. The van der Waals surface area contributed by atoms with Crippen molar-refractivity contribution in [3.63, 3.8) is 0 Å². The van der Waals surface area contributed by atoms with E-state index in [1.165, 1.54) is 17.4 Å². The molecule has 1 heterocycles. The van der Waals surface area contributed by atoms with Crippen LogP contribution in [0.5, 0.6) is 0 Å². The largest absolute Gasteiger partial charge is 0.238 e. The molecule has 0 aliphatic rings. The number of nitrogens with two attached hydrogens (primary N) is 1. The zero-order valence-electron chi connectivity index (χ0n) is 8.50. The summed E-state index contributed by atoms with van der Waals surface area (Å²) in [5.74, 6) is 0.946. The van der Waals surface area contributed by atoms with Gasteiger partial charge < -0.3 is 0 Å². The summed E-state index contributed by atoms with van der Waals surface area (Å²) in [5, 5.41) is 5.06. The van der Waals surface area contributed by atoms with Crippen LogP contribution in [-0.4, -0.2) is 19.2 Å². The van der Waals surface area contributed by atoms with Gasteiger partial charge in [-0.3, -0.25) is 0 Å². The van der Waals surface area contributed by atoms with Crippen LogP contribution in [0.15, 0.2) is 27.4 Å². The van der Waals surface area contributed by atoms with Crippen LogP contribution in [-0.2, 0) is 10.0 Å². The third kappa shape index (κ3) is 2.37.